The monoisotopic (exact) mass is 268 g/mol. The zero-order valence-electron chi connectivity index (χ0n) is 12.9. The summed E-state index contributed by atoms with van der Waals surface area (Å²) in [7, 11) is 0. The van der Waals surface area contributed by atoms with Crippen LogP contribution in [0.5, 0.6) is 0 Å². The highest BCUT2D eigenvalue weighted by Crippen LogP contribution is 2.12. The maximum Gasteiger partial charge on any atom is 0.342 e. The topological polar surface area (TPSA) is 52.6 Å². The van der Waals surface area contributed by atoms with Gasteiger partial charge < -0.3 is 9.47 Å². The zero-order chi connectivity index (χ0) is 15.3. The number of ether oxygens (including phenoxy) is 2. The molecule has 0 aliphatic heterocycles. The summed E-state index contributed by atoms with van der Waals surface area (Å²) in [5.41, 5.74) is 1.85. The van der Waals surface area contributed by atoms with E-state index in [4.69, 9.17) is 9.47 Å². The summed E-state index contributed by atoms with van der Waals surface area (Å²) in [6.45, 7) is 12.5. The maximum absolute atomic E-state index is 11.8. The first-order valence-electron chi connectivity index (χ1n) is 6.36. The minimum absolute atomic E-state index is 0.320. The lowest BCUT2D eigenvalue weighted by molar-refractivity contribution is -0.150. The molecule has 0 saturated carbocycles. The number of hydrogen-bond donors (Lipinski definition) is 0. The molecule has 4 heteroatoms. The lowest BCUT2D eigenvalue weighted by Crippen LogP contribution is -2.24. The fourth-order valence-electron chi connectivity index (χ4n) is 1.12. The predicted octanol–water partition coefficient (Wildman–Crippen LogP) is 3.16. The van der Waals surface area contributed by atoms with Crippen LogP contribution in [0.1, 0.15) is 54.9 Å². The highest BCUT2D eigenvalue weighted by Gasteiger charge is 2.19. The average molecular weight is 268 g/mol. The van der Waals surface area contributed by atoms with Crippen LogP contribution in [0.4, 0.5) is 0 Å². The van der Waals surface area contributed by atoms with E-state index in [2.05, 4.69) is 5.73 Å². The van der Waals surface area contributed by atoms with Gasteiger partial charge in [-0.05, 0) is 48.0 Å². The first kappa shape index (κ1) is 17.5. The third-order valence-corrected chi connectivity index (χ3v) is 1.77. The van der Waals surface area contributed by atoms with Crippen LogP contribution in [0.25, 0.3) is 0 Å². The highest BCUT2D eigenvalue weighted by molar-refractivity contribution is 5.90. The molecule has 0 saturated heterocycles. The quantitative estimate of drug-likeness (QED) is 0.448. The van der Waals surface area contributed by atoms with Crippen LogP contribution in [0, 0.1) is 0 Å². The van der Waals surface area contributed by atoms with E-state index in [1.54, 1.807) is 48.5 Å². The molecule has 19 heavy (non-hydrogen) atoms. The number of esters is 2. The van der Waals surface area contributed by atoms with Crippen LogP contribution in [-0.4, -0.2) is 23.1 Å². The molecule has 0 atom stereocenters. The zero-order valence-corrected chi connectivity index (χ0v) is 12.9. The second kappa shape index (κ2) is 6.58. The summed E-state index contributed by atoms with van der Waals surface area (Å²) in [4.78, 5) is 23.3. The van der Waals surface area contributed by atoms with E-state index in [9.17, 15) is 9.59 Å². The largest absolute Gasteiger partial charge is 0.456 e. The van der Waals surface area contributed by atoms with E-state index in [0.29, 0.717) is 12.0 Å². The van der Waals surface area contributed by atoms with E-state index in [1.165, 1.54) is 0 Å². The molecule has 0 spiro atoms. The van der Waals surface area contributed by atoms with Crippen LogP contribution in [-0.2, 0) is 19.1 Å². The van der Waals surface area contributed by atoms with Crippen molar-refractivity contribution in [2.24, 2.45) is 0 Å². The molecule has 0 rings (SSSR count). The van der Waals surface area contributed by atoms with Gasteiger partial charge in [-0.25, -0.2) is 9.59 Å². The molecule has 0 bridgehead atoms. The van der Waals surface area contributed by atoms with Gasteiger partial charge in [0.05, 0.1) is 11.6 Å². The Morgan fingerprint density at radius 3 is 1.84 bits per heavy atom. The van der Waals surface area contributed by atoms with E-state index < -0.39 is 23.1 Å². The number of rotatable bonds is 3. The van der Waals surface area contributed by atoms with Gasteiger partial charge in [-0.2, -0.15) is 0 Å². The fraction of sp³-hybridized carbons (Fsp3) is 0.667. The SMILES string of the molecule is CCC(=C=CC(=O)OC(C)(C)C)C(=O)OC(C)(C)C. The van der Waals surface area contributed by atoms with Gasteiger partial charge in [0.15, 0.2) is 0 Å². The van der Waals surface area contributed by atoms with Gasteiger partial charge in [0.2, 0.25) is 0 Å². The first-order valence-corrected chi connectivity index (χ1v) is 6.36. The maximum atomic E-state index is 11.8. The van der Waals surface area contributed by atoms with Gasteiger partial charge in [0.25, 0.3) is 0 Å². The Bertz CT molecular complexity index is 399. The van der Waals surface area contributed by atoms with Gasteiger partial charge in [0, 0.05) is 0 Å². The van der Waals surface area contributed by atoms with Gasteiger partial charge >= 0.3 is 11.9 Å². The smallest absolute Gasteiger partial charge is 0.342 e. The second-order valence-electron chi connectivity index (χ2n) is 6.16. The van der Waals surface area contributed by atoms with Gasteiger partial charge in [0.1, 0.15) is 11.2 Å². The average Bonchev–Trinajstić information content (AvgIpc) is 2.12. The van der Waals surface area contributed by atoms with Crippen molar-refractivity contribution in [1.82, 2.24) is 0 Å². The van der Waals surface area contributed by atoms with Crippen molar-refractivity contribution in [3.63, 3.8) is 0 Å². The molecule has 0 aliphatic rings. The molecule has 0 aromatic carbocycles. The van der Waals surface area contributed by atoms with Gasteiger partial charge in [-0.3, -0.25) is 0 Å². The Hall–Kier alpha value is -1.54. The molecule has 4 nitrogen and oxygen atoms in total. The molecule has 0 unspecified atom stereocenters. The van der Waals surface area contributed by atoms with Crippen LogP contribution in [0.3, 0.4) is 0 Å². The van der Waals surface area contributed by atoms with Crippen molar-refractivity contribution in [3.05, 3.63) is 17.4 Å². The molecule has 0 aromatic rings. The minimum atomic E-state index is -0.564. The standard InChI is InChI=1S/C15H24O4/c1-8-11(13(17)19-15(5,6)7)9-10-12(16)18-14(2,3)4/h10H,8H2,1-7H3. The Morgan fingerprint density at radius 1 is 1.00 bits per heavy atom. The minimum Gasteiger partial charge on any atom is -0.456 e. The van der Waals surface area contributed by atoms with Crippen LogP contribution >= 0.6 is 0 Å². The second-order valence-corrected chi connectivity index (χ2v) is 6.16. The molecular weight excluding hydrogens is 244 g/mol. The summed E-state index contributed by atoms with van der Waals surface area (Å²) in [5, 5.41) is 0. The molecule has 108 valence electrons. The van der Waals surface area contributed by atoms with Crippen LogP contribution < -0.4 is 0 Å². The summed E-state index contributed by atoms with van der Waals surface area (Å²) in [6.07, 6.45) is 1.57. The van der Waals surface area contributed by atoms with Crippen molar-refractivity contribution >= 4 is 11.9 Å². The summed E-state index contributed by atoms with van der Waals surface area (Å²) < 4.78 is 10.3. The lowest BCUT2D eigenvalue weighted by atomic mass is 10.1. The van der Waals surface area contributed by atoms with Crippen molar-refractivity contribution in [2.45, 2.75) is 66.1 Å². The Kier molecular flexibility index (Phi) is 6.04. The molecule has 0 heterocycles. The summed E-state index contributed by atoms with van der Waals surface area (Å²) >= 11 is 0. The third kappa shape index (κ3) is 9.09. The number of carbonyl (C=O) groups excluding carboxylic acids is 2. The Morgan fingerprint density at radius 2 is 1.47 bits per heavy atom. The first-order chi connectivity index (χ1) is 8.44. The highest BCUT2D eigenvalue weighted by atomic mass is 16.6. The fourth-order valence-corrected chi connectivity index (χ4v) is 1.12. The molecule has 0 fully saturated rings. The molecule has 0 aliphatic carbocycles. The van der Waals surface area contributed by atoms with Crippen molar-refractivity contribution in [2.75, 3.05) is 0 Å². The normalized spacial score (nSPS) is 11.3. The van der Waals surface area contributed by atoms with E-state index in [0.717, 1.165) is 6.08 Å². The molecule has 0 radical (unpaired) electrons. The summed E-state index contributed by atoms with van der Waals surface area (Å²) in [6, 6.07) is 0. The number of hydrogen-bond acceptors (Lipinski definition) is 4. The number of carbonyl (C=O) groups is 2. The molecule has 0 aromatic heterocycles. The van der Waals surface area contributed by atoms with Crippen molar-refractivity contribution in [3.8, 4) is 0 Å². The third-order valence-electron chi connectivity index (χ3n) is 1.77. The molecule has 0 amide bonds. The van der Waals surface area contributed by atoms with Crippen LogP contribution in [0.2, 0.25) is 0 Å². The van der Waals surface area contributed by atoms with E-state index in [1.807, 2.05) is 0 Å². The lowest BCUT2D eigenvalue weighted by Gasteiger charge is -2.19. The van der Waals surface area contributed by atoms with E-state index in [-0.39, 0.29) is 0 Å². The predicted molar refractivity (Wildman–Crippen MR) is 73.6 cm³/mol. The molecule has 0 N–H and O–H groups in total. The van der Waals surface area contributed by atoms with Crippen LogP contribution in [0.15, 0.2) is 17.4 Å². The molecular formula is C15H24O4. The summed E-state index contributed by atoms with van der Waals surface area (Å²) in [5.74, 6) is -0.989. The van der Waals surface area contributed by atoms with Gasteiger partial charge in [-0.1, -0.05) is 6.92 Å². The Balaban J connectivity index is 4.90. The van der Waals surface area contributed by atoms with Crippen molar-refractivity contribution < 1.29 is 19.1 Å². The van der Waals surface area contributed by atoms with Crippen molar-refractivity contribution in [1.29, 1.82) is 0 Å². The Labute approximate surface area is 115 Å². The van der Waals surface area contributed by atoms with E-state index >= 15 is 0 Å². The van der Waals surface area contributed by atoms with Gasteiger partial charge in [-0.15, -0.1) is 5.73 Å².